The smallest absolute Gasteiger partial charge is 0.326 e. The van der Waals surface area contributed by atoms with Gasteiger partial charge in [0.05, 0.1) is 12.5 Å². The maximum atomic E-state index is 12.5. The van der Waals surface area contributed by atoms with Crippen molar-refractivity contribution in [2.45, 2.75) is 57.3 Å². The average molecular weight is 432 g/mol. The first-order valence-corrected chi connectivity index (χ1v) is 9.90. The maximum absolute atomic E-state index is 12.5. The molecule has 164 valence electrons. The zero-order valence-electron chi connectivity index (χ0n) is 16.3. The van der Waals surface area contributed by atoms with Crippen LogP contribution in [0.15, 0.2) is 0 Å². The molecule has 0 aliphatic carbocycles. The summed E-state index contributed by atoms with van der Waals surface area (Å²) >= 11 is 4.04. The van der Waals surface area contributed by atoms with E-state index < -0.39 is 60.3 Å². The molecule has 1 heterocycles. The molecule has 1 aliphatic heterocycles. The molecule has 0 radical (unpaired) electrons. The maximum Gasteiger partial charge on any atom is 0.326 e. The van der Waals surface area contributed by atoms with Gasteiger partial charge in [0, 0.05) is 5.75 Å². The van der Waals surface area contributed by atoms with E-state index in [-0.39, 0.29) is 11.7 Å². The number of carbonyl (C=O) groups is 5. The van der Waals surface area contributed by atoms with Crippen molar-refractivity contribution < 1.29 is 34.2 Å². The summed E-state index contributed by atoms with van der Waals surface area (Å²) in [5, 5.41) is 28.2. The monoisotopic (exact) mass is 432 g/mol. The Bertz CT molecular complexity index is 637. The van der Waals surface area contributed by atoms with Gasteiger partial charge in [0.2, 0.25) is 17.7 Å². The topological polar surface area (TPSA) is 174 Å². The van der Waals surface area contributed by atoms with Crippen molar-refractivity contribution >= 4 is 42.3 Å². The van der Waals surface area contributed by atoms with E-state index in [4.69, 9.17) is 5.11 Å². The third-order valence-electron chi connectivity index (χ3n) is 4.43. The second-order valence-electron chi connectivity index (χ2n) is 7.12. The fraction of sp³-hybridized carbons (Fsp3) is 0.706. The molecule has 0 aromatic carbocycles. The quantitative estimate of drug-likeness (QED) is 0.190. The summed E-state index contributed by atoms with van der Waals surface area (Å²) in [6.45, 7) is 3.85. The summed E-state index contributed by atoms with van der Waals surface area (Å²) < 4.78 is 0. The SMILES string of the molecule is CC(C)C(NC(=O)C(CC(=O)O)NC(=O)C(CS)NC(=O)C1CCCN1)C(=O)O. The number of aliphatic carboxylic acids is 2. The Balaban J connectivity index is 2.81. The molecule has 11 nitrogen and oxygen atoms in total. The number of carboxylic acids is 2. The van der Waals surface area contributed by atoms with Crippen molar-refractivity contribution in [2.24, 2.45) is 5.92 Å². The van der Waals surface area contributed by atoms with E-state index in [1.807, 2.05) is 0 Å². The minimum Gasteiger partial charge on any atom is -0.481 e. The van der Waals surface area contributed by atoms with Gasteiger partial charge in [0.15, 0.2) is 0 Å². The summed E-state index contributed by atoms with van der Waals surface area (Å²) in [6.07, 6.45) is 0.708. The summed E-state index contributed by atoms with van der Waals surface area (Å²) in [7, 11) is 0. The fourth-order valence-electron chi connectivity index (χ4n) is 2.80. The Morgan fingerprint density at radius 2 is 1.66 bits per heavy atom. The highest BCUT2D eigenvalue weighted by molar-refractivity contribution is 7.80. The van der Waals surface area contributed by atoms with Crippen molar-refractivity contribution in [3.63, 3.8) is 0 Å². The van der Waals surface area contributed by atoms with Gasteiger partial charge in [-0.05, 0) is 25.3 Å². The second kappa shape index (κ2) is 11.6. The second-order valence-corrected chi connectivity index (χ2v) is 7.49. The number of hydrogen-bond acceptors (Lipinski definition) is 7. The Kier molecular flexibility index (Phi) is 9.89. The molecule has 1 saturated heterocycles. The zero-order chi connectivity index (χ0) is 22.1. The standard InChI is InChI=1S/C17H28N4O7S/c1-8(2)13(17(27)28)21-15(25)10(6-12(22)23)19-16(26)11(7-29)20-14(24)9-4-3-5-18-9/h8-11,13,18,29H,3-7H2,1-2H3,(H,19,26)(H,20,24)(H,21,25)(H,22,23)(H,27,28). The third-order valence-corrected chi connectivity index (χ3v) is 4.80. The number of thiol groups is 1. The number of carbonyl (C=O) groups excluding carboxylic acids is 3. The molecule has 6 N–H and O–H groups in total. The van der Waals surface area contributed by atoms with E-state index in [0.29, 0.717) is 13.0 Å². The minimum atomic E-state index is -1.51. The first kappa shape index (κ1) is 24.7. The van der Waals surface area contributed by atoms with Gasteiger partial charge in [-0.15, -0.1) is 0 Å². The van der Waals surface area contributed by atoms with Gasteiger partial charge in [-0.25, -0.2) is 4.79 Å². The van der Waals surface area contributed by atoms with Crippen molar-refractivity contribution in [3.05, 3.63) is 0 Å². The van der Waals surface area contributed by atoms with Gasteiger partial charge in [0.25, 0.3) is 0 Å². The molecule has 1 aliphatic rings. The average Bonchev–Trinajstić information content (AvgIpc) is 3.16. The van der Waals surface area contributed by atoms with Crippen LogP contribution in [0.1, 0.15) is 33.1 Å². The number of rotatable bonds is 11. The number of nitrogens with one attached hydrogen (secondary N) is 4. The van der Waals surface area contributed by atoms with Crippen LogP contribution in [0, 0.1) is 5.92 Å². The molecule has 0 aromatic rings. The van der Waals surface area contributed by atoms with Gasteiger partial charge in [-0.3, -0.25) is 19.2 Å². The molecule has 0 bridgehead atoms. The van der Waals surface area contributed by atoms with E-state index in [1.165, 1.54) is 0 Å². The highest BCUT2D eigenvalue weighted by Crippen LogP contribution is 2.06. The van der Waals surface area contributed by atoms with Crippen LogP contribution in [0.3, 0.4) is 0 Å². The van der Waals surface area contributed by atoms with Gasteiger partial charge >= 0.3 is 11.9 Å². The normalized spacial score (nSPS) is 19.1. The lowest BCUT2D eigenvalue weighted by Gasteiger charge is -2.24. The van der Waals surface area contributed by atoms with E-state index in [0.717, 1.165) is 6.42 Å². The van der Waals surface area contributed by atoms with Gasteiger partial charge in [-0.2, -0.15) is 12.6 Å². The van der Waals surface area contributed by atoms with Crippen LogP contribution in [0.25, 0.3) is 0 Å². The highest BCUT2D eigenvalue weighted by Gasteiger charge is 2.32. The molecule has 4 atom stereocenters. The van der Waals surface area contributed by atoms with Crippen molar-refractivity contribution in [1.29, 1.82) is 0 Å². The first-order chi connectivity index (χ1) is 13.6. The summed E-state index contributed by atoms with van der Waals surface area (Å²) in [5.41, 5.74) is 0. The van der Waals surface area contributed by atoms with Crippen LogP contribution < -0.4 is 21.3 Å². The van der Waals surface area contributed by atoms with Gasteiger partial charge in [0.1, 0.15) is 18.1 Å². The first-order valence-electron chi connectivity index (χ1n) is 9.26. The lowest BCUT2D eigenvalue weighted by Crippen LogP contribution is -2.58. The van der Waals surface area contributed by atoms with Crippen LogP contribution in [-0.2, 0) is 24.0 Å². The molecule has 1 fully saturated rings. The summed E-state index contributed by atoms with van der Waals surface area (Å²) in [4.78, 5) is 59.4. The molecule has 0 saturated carbocycles. The molecule has 29 heavy (non-hydrogen) atoms. The Morgan fingerprint density at radius 3 is 2.10 bits per heavy atom. The van der Waals surface area contributed by atoms with Crippen LogP contribution in [-0.4, -0.2) is 76.3 Å². The number of hydrogen-bond donors (Lipinski definition) is 7. The summed E-state index contributed by atoms with van der Waals surface area (Å²) in [6, 6.07) is -4.27. The lowest BCUT2D eigenvalue weighted by atomic mass is 10.0. The van der Waals surface area contributed by atoms with Crippen LogP contribution >= 0.6 is 12.6 Å². The largest absolute Gasteiger partial charge is 0.481 e. The molecule has 3 amide bonds. The van der Waals surface area contributed by atoms with Crippen molar-refractivity contribution in [1.82, 2.24) is 21.3 Å². The molecule has 4 unspecified atom stereocenters. The van der Waals surface area contributed by atoms with Crippen molar-refractivity contribution in [2.75, 3.05) is 12.3 Å². The molecule has 1 rings (SSSR count). The van der Waals surface area contributed by atoms with Gasteiger partial charge in [-0.1, -0.05) is 13.8 Å². The van der Waals surface area contributed by atoms with Crippen LogP contribution in [0.2, 0.25) is 0 Å². The predicted octanol–water partition coefficient (Wildman–Crippen LogP) is -1.66. The Hall–Kier alpha value is -2.34. The molecule has 0 aromatic heterocycles. The molecule has 0 spiro atoms. The highest BCUT2D eigenvalue weighted by atomic mass is 32.1. The molecule has 12 heteroatoms. The molecular formula is C17H28N4O7S. The van der Waals surface area contributed by atoms with Gasteiger partial charge < -0.3 is 31.5 Å². The summed E-state index contributed by atoms with van der Waals surface area (Å²) in [5.74, 6) is -5.28. The Morgan fingerprint density at radius 1 is 1.03 bits per heavy atom. The van der Waals surface area contributed by atoms with E-state index in [9.17, 15) is 29.1 Å². The Labute approximate surface area is 173 Å². The predicted molar refractivity (Wildman–Crippen MR) is 105 cm³/mol. The minimum absolute atomic E-state index is 0.0740. The van der Waals surface area contributed by atoms with E-state index in [1.54, 1.807) is 13.8 Å². The molecular weight excluding hydrogens is 404 g/mol. The van der Waals surface area contributed by atoms with Crippen LogP contribution in [0.4, 0.5) is 0 Å². The zero-order valence-corrected chi connectivity index (χ0v) is 17.2. The van der Waals surface area contributed by atoms with Crippen LogP contribution in [0.5, 0.6) is 0 Å². The number of carboxylic acid groups (broad SMARTS) is 2. The van der Waals surface area contributed by atoms with E-state index in [2.05, 4.69) is 33.9 Å². The van der Waals surface area contributed by atoms with E-state index >= 15 is 0 Å². The number of amides is 3. The van der Waals surface area contributed by atoms with Crippen molar-refractivity contribution in [3.8, 4) is 0 Å². The fourth-order valence-corrected chi connectivity index (χ4v) is 3.06. The lowest BCUT2D eigenvalue weighted by molar-refractivity contribution is -0.144. The third kappa shape index (κ3) is 7.89.